The van der Waals surface area contributed by atoms with Gasteiger partial charge in [-0.2, -0.15) is 4.31 Å². The topological polar surface area (TPSA) is 65.2 Å². The molecule has 0 amide bonds. The van der Waals surface area contributed by atoms with Crippen LogP contribution in [0, 0.1) is 0 Å². The summed E-state index contributed by atoms with van der Waals surface area (Å²) in [6.07, 6.45) is 5.54. The van der Waals surface area contributed by atoms with Crippen molar-refractivity contribution in [3.05, 3.63) is 30.6 Å². The molecule has 0 bridgehead atoms. The summed E-state index contributed by atoms with van der Waals surface area (Å²) < 4.78 is 25.5. The first-order valence-corrected chi connectivity index (χ1v) is 7.46. The Morgan fingerprint density at radius 3 is 2.94 bits per heavy atom. The van der Waals surface area contributed by atoms with Crippen molar-refractivity contribution in [2.24, 2.45) is 0 Å². The first-order valence-electron chi connectivity index (χ1n) is 6.02. The summed E-state index contributed by atoms with van der Waals surface area (Å²) in [4.78, 5) is 3.30. The fraction of sp³-hybridized carbons (Fsp3) is 0.500. The Kier molecular flexibility index (Phi) is 3.89. The molecule has 1 aromatic heterocycles. The molecule has 100 valence electrons. The Morgan fingerprint density at radius 2 is 2.33 bits per heavy atom. The van der Waals surface area contributed by atoms with Crippen LogP contribution in [-0.2, 0) is 16.6 Å². The van der Waals surface area contributed by atoms with Crippen molar-refractivity contribution >= 4 is 10.0 Å². The molecular formula is C12H19N3O2S. The van der Waals surface area contributed by atoms with E-state index in [2.05, 4.69) is 16.9 Å². The fourth-order valence-electron chi connectivity index (χ4n) is 1.67. The number of rotatable bonds is 7. The molecule has 1 aliphatic carbocycles. The van der Waals surface area contributed by atoms with Gasteiger partial charge in [-0.3, -0.25) is 0 Å². The van der Waals surface area contributed by atoms with Crippen molar-refractivity contribution in [3.63, 3.8) is 0 Å². The first kappa shape index (κ1) is 13.3. The largest absolute Gasteiger partial charge is 0.363 e. The molecule has 2 rings (SSSR count). The second-order valence-electron chi connectivity index (χ2n) is 4.59. The van der Waals surface area contributed by atoms with Gasteiger partial charge < -0.3 is 10.3 Å². The molecule has 2 N–H and O–H groups in total. The third-order valence-corrected chi connectivity index (χ3v) is 4.77. The highest BCUT2D eigenvalue weighted by Gasteiger charge is 2.23. The van der Waals surface area contributed by atoms with Crippen LogP contribution in [-0.4, -0.2) is 37.3 Å². The predicted molar refractivity (Wildman–Crippen MR) is 70.7 cm³/mol. The number of aromatic amines is 1. The molecule has 5 nitrogen and oxygen atoms in total. The van der Waals surface area contributed by atoms with Crippen molar-refractivity contribution in [3.8, 4) is 0 Å². The van der Waals surface area contributed by atoms with Crippen LogP contribution in [0.15, 0.2) is 29.8 Å². The monoisotopic (exact) mass is 269 g/mol. The number of sulfonamides is 1. The van der Waals surface area contributed by atoms with Gasteiger partial charge >= 0.3 is 0 Å². The molecule has 18 heavy (non-hydrogen) atoms. The van der Waals surface area contributed by atoms with Gasteiger partial charge in [-0.25, -0.2) is 8.42 Å². The van der Waals surface area contributed by atoms with Crippen molar-refractivity contribution in [2.75, 3.05) is 13.6 Å². The normalized spacial score (nSPS) is 16.1. The quantitative estimate of drug-likeness (QED) is 0.728. The number of nitrogens with zero attached hydrogens (tertiary/aromatic N) is 1. The van der Waals surface area contributed by atoms with Crippen LogP contribution in [0.4, 0.5) is 0 Å². The number of hydrogen-bond donors (Lipinski definition) is 2. The Morgan fingerprint density at radius 1 is 1.61 bits per heavy atom. The lowest BCUT2D eigenvalue weighted by atomic mass is 10.4. The van der Waals surface area contributed by atoms with E-state index in [9.17, 15) is 8.42 Å². The molecule has 6 heteroatoms. The maximum absolute atomic E-state index is 12.1. The summed E-state index contributed by atoms with van der Waals surface area (Å²) in [5, 5.41) is 3.34. The van der Waals surface area contributed by atoms with Gasteiger partial charge in [-0.15, -0.1) is 6.58 Å². The molecule has 0 spiro atoms. The Labute approximate surface area is 108 Å². The lowest BCUT2D eigenvalue weighted by Crippen LogP contribution is -2.26. The van der Waals surface area contributed by atoms with Crippen molar-refractivity contribution < 1.29 is 8.42 Å². The smallest absolute Gasteiger partial charge is 0.244 e. The van der Waals surface area contributed by atoms with E-state index in [1.54, 1.807) is 25.4 Å². The first-order chi connectivity index (χ1) is 8.54. The van der Waals surface area contributed by atoms with Gasteiger partial charge in [-0.05, 0) is 18.9 Å². The van der Waals surface area contributed by atoms with Crippen molar-refractivity contribution in [1.82, 2.24) is 14.6 Å². The highest BCUT2D eigenvalue weighted by molar-refractivity contribution is 7.89. The number of likely N-dealkylation sites (N-methyl/N-ethyl adjacent to an activating group) is 1. The lowest BCUT2D eigenvalue weighted by molar-refractivity contribution is 0.499. The minimum absolute atomic E-state index is 0.305. The average Bonchev–Trinajstić information content (AvgIpc) is 3.03. The van der Waals surface area contributed by atoms with Crippen molar-refractivity contribution in [1.29, 1.82) is 0 Å². The van der Waals surface area contributed by atoms with Gasteiger partial charge in [0, 0.05) is 38.1 Å². The second-order valence-corrected chi connectivity index (χ2v) is 6.63. The third-order valence-electron chi connectivity index (χ3n) is 2.97. The Bertz CT molecular complexity index is 517. The zero-order valence-electron chi connectivity index (χ0n) is 10.5. The highest BCUT2D eigenvalue weighted by Crippen LogP contribution is 2.20. The van der Waals surface area contributed by atoms with Crippen LogP contribution >= 0.6 is 0 Å². The number of hydrogen-bond acceptors (Lipinski definition) is 3. The van der Waals surface area contributed by atoms with E-state index in [4.69, 9.17) is 0 Å². The van der Waals surface area contributed by atoms with Gasteiger partial charge in [0.2, 0.25) is 10.0 Å². The predicted octanol–water partition coefficient (Wildman–Crippen LogP) is 1.07. The molecule has 0 unspecified atom stereocenters. The summed E-state index contributed by atoms with van der Waals surface area (Å²) >= 11 is 0. The van der Waals surface area contributed by atoms with Crippen LogP contribution in [0.1, 0.15) is 18.5 Å². The maximum atomic E-state index is 12.1. The average molecular weight is 269 g/mol. The fourth-order valence-corrected chi connectivity index (χ4v) is 2.83. The molecular weight excluding hydrogens is 250 g/mol. The molecule has 1 heterocycles. The summed E-state index contributed by atoms with van der Waals surface area (Å²) in [5.41, 5.74) is 0.896. The Balaban J connectivity index is 2.05. The van der Waals surface area contributed by atoms with Gasteiger partial charge in [0.25, 0.3) is 0 Å². The zero-order valence-corrected chi connectivity index (χ0v) is 11.3. The van der Waals surface area contributed by atoms with E-state index in [1.807, 2.05) is 0 Å². The SMILES string of the molecule is C=CCN(C)S(=O)(=O)c1c[nH]c(CNC2CC2)c1. The van der Waals surface area contributed by atoms with E-state index in [-0.39, 0.29) is 0 Å². The summed E-state index contributed by atoms with van der Waals surface area (Å²) in [7, 11) is -1.85. The molecule has 0 atom stereocenters. The highest BCUT2D eigenvalue weighted by atomic mass is 32.2. The van der Waals surface area contributed by atoms with E-state index in [1.165, 1.54) is 17.1 Å². The lowest BCUT2D eigenvalue weighted by Gasteiger charge is -2.13. The third kappa shape index (κ3) is 3.01. The molecule has 1 aromatic rings. The van der Waals surface area contributed by atoms with Crippen LogP contribution in [0.5, 0.6) is 0 Å². The van der Waals surface area contributed by atoms with Gasteiger partial charge in [0.1, 0.15) is 0 Å². The zero-order chi connectivity index (χ0) is 13.2. The molecule has 0 aliphatic heterocycles. The Hall–Kier alpha value is -1.11. The molecule has 0 radical (unpaired) electrons. The second kappa shape index (κ2) is 5.26. The molecule has 0 saturated heterocycles. The van der Waals surface area contributed by atoms with Crippen LogP contribution in [0.25, 0.3) is 0 Å². The van der Waals surface area contributed by atoms with E-state index >= 15 is 0 Å². The van der Waals surface area contributed by atoms with E-state index < -0.39 is 10.0 Å². The van der Waals surface area contributed by atoms with Gasteiger partial charge in [0.15, 0.2) is 0 Å². The minimum Gasteiger partial charge on any atom is -0.363 e. The van der Waals surface area contributed by atoms with Crippen LogP contribution < -0.4 is 5.32 Å². The molecule has 1 fully saturated rings. The molecule has 0 aromatic carbocycles. The maximum Gasteiger partial charge on any atom is 0.244 e. The van der Waals surface area contributed by atoms with Crippen LogP contribution in [0.3, 0.4) is 0 Å². The van der Waals surface area contributed by atoms with Crippen molar-refractivity contribution in [2.45, 2.75) is 30.3 Å². The van der Waals surface area contributed by atoms with E-state index in [0.29, 0.717) is 24.0 Å². The van der Waals surface area contributed by atoms with Gasteiger partial charge in [0.05, 0.1) is 4.90 Å². The number of nitrogens with one attached hydrogen (secondary N) is 2. The minimum atomic E-state index is -3.40. The van der Waals surface area contributed by atoms with Crippen LogP contribution in [0.2, 0.25) is 0 Å². The summed E-state index contributed by atoms with van der Waals surface area (Å²) in [6.45, 7) is 4.54. The summed E-state index contributed by atoms with van der Waals surface area (Å²) in [6, 6.07) is 2.29. The summed E-state index contributed by atoms with van der Waals surface area (Å²) in [5.74, 6) is 0. The standard InChI is InChI=1S/C12H19N3O2S/c1-3-6-15(2)18(16,17)12-7-11(14-9-12)8-13-10-4-5-10/h3,7,9-10,13-14H,1,4-6,8H2,2H3. The van der Waals surface area contributed by atoms with E-state index in [0.717, 1.165) is 5.69 Å². The number of H-pyrrole nitrogens is 1. The number of aromatic nitrogens is 1. The van der Waals surface area contributed by atoms with Gasteiger partial charge in [-0.1, -0.05) is 6.08 Å². The molecule has 1 aliphatic rings. The molecule has 1 saturated carbocycles.